The van der Waals surface area contributed by atoms with Crippen LogP contribution < -0.4 is 4.90 Å². The number of aromatic nitrogens is 2. The zero-order chi connectivity index (χ0) is 22.8. The Morgan fingerprint density at radius 3 is 2.55 bits per heavy atom. The Kier molecular flexibility index (Phi) is 6.49. The molecule has 1 aromatic heterocycles. The quantitative estimate of drug-likeness (QED) is 0.326. The molecule has 2 aromatic rings. The predicted octanol–water partition coefficient (Wildman–Crippen LogP) is 4.52. The monoisotopic (exact) mass is 474 g/mol. The molecule has 1 aliphatic carbocycles. The van der Waals surface area contributed by atoms with E-state index in [0.717, 1.165) is 61.8 Å². The third-order valence-corrected chi connectivity index (χ3v) is 7.47. The van der Waals surface area contributed by atoms with Gasteiger partial charge in [0.15, 0.2) is 5.82 Å². The number of likely N-dealkylation sites (tertiary alicyclic amines) is 1. The lowest BCUT2D eigenvalue weighted by atomic mass is 9.96. The van der Waals surface area contributed by atoms with E-state index in [9.17, 15) is 4.79 Å². The molecular weight excluding hydrogens is 444 g/mol. The summed E-state index contributed by atoms with van der Waals surface area (Å²) in [6, 6.07) is 8.21. The first-order chi connectivity index (χ1) is 16.0. The highest BCUT2D eigenvalue weighted by Crippen LogP contribution is 2.39. The predicted molar refractivity (Wildman–Crippen MR) is 122 cm³/mol. The Bertz CT molecular complexity index is 956. The Morgan fingerprint density at radius 1 is 1.12 bits per heavy atom. The Labute approximate surface area is 197 Å². The van der Waals surface area contributed by atoms with Crippen LogP contribution in [0.15, 0.2) is 33.7 Å². The molecule has 1 aromatic carbocycles. The normalized spacial score (nSPS) is 22.5. The molecule has 1 saturated carbocycles. The number of anilines is 1. The number of benzene rings is 1. The molecule has 9 nitrogen and oxygen atoms in total. The molecule has 33 heavy (non-hydrogen) atoms. The van der Waals surface area contributed by atoms with Crippen LogP contribution in [-0.4, -0.2) is 60.0 Å². The van der Waals surface area contributed by atoms with E-state index >= 15 is 0 Å². The van der Waals surface area contributed by atoms with Crippen molar-refractivity contribution >= 4 is 23.8 Å². The van der Waals surface area contributed by atoms with Crippen LogP contribution in [0.5, 0.6) is 0 Å². The summed E-state index contributed by atoms with van der Waals surface area (Å²) in [4.78, 5) is 26.8. The van der Waals surface area contributed by atoms with E-state index in [2.05, 4.69) is 27.1 Å². The molecule has 5 rings (SSSR count). The molecule has 0 radical (unpaired) electrons. The van der Waals surface area contributed by atoms with Gasteiger partial charge in [-0.3, -0.25) is 0 Å². The van der Waals surface area contributed by atoms with Crippen molar-refractivity contribution in [1.29, 1.82) is 0 Å². The number of piperidine rings is 1. The molecular formula is C23H30N4O5S. The van der Waals surface area contributed by atoms with Crippen molar-refractivity contribution < 1.29 is 23.3 Å². The molecule has 2 saturated heterocycles. The van der Waals surface area contributed by atoms with Crippen molar-refractivity contribution in [1.82, 2.24) is 15.0 Å². The number of hydrogen-bond donors (Lipinski definition) is 0. The molecule has 178 valence electrons. The van der Waals surface area contributed by atoms with Crippen molar-refractivity contribution in [3.63, 3.8) is 0 Å². The molecule has 10 heteroatoms. The number of hydrogen-bond acceptors (Lipinski definition) is 9. The van der Waals surface area contributed by atoms with Gasteiger partial charge in [-0.05, 0) is 63.3 Å². The third kappa shape index (κ3) is 5.28. The van der Waals surface area contributed by atoms with E-state index in [1.807, 2.05) is 19.1 Å². The first-order valence-corrected chi connectivity index (χ1v) is 12.3. The van der Waals surface area contributed by atoms with E-state index in [4.69, 9.17) is 18.6 Å². The van der Waals surface area contributed by atoms with E-state index in [-0.39, 0.29) is 23.5 Å². The largest absolute Gasteiger partial charge is 0.443 e. The fraction of sp³-hybridized carbons (Fsp3) is 0.609. The Hall–Kier alpha value is -2.30. The topological polar surface area (TPSA) is 90.2 Å². The van der Waals surface area contributed by atoms with Crippen LogP contribution in [0.2, 0.25) is 0 Å². The number of carbonyl (C=O) groups excluding carboxylic acids is 1. The second-order valence-electron chi connectivity index (χ2n) is 9.31. The number of rotatable bonds is 7. The van der Waals surface area contributed by atoms with Gasteiger partial charge in [0.05, 0.1) is 25.1 Å². The first kappa shape index (κ1) is 22.5. The van der Waals surface area contributed by atoms with Gasteiger partial charge in [0, 0.05) is 42.7 Å². The summed E-state index contributed by atoms with van der Waals surface area (Å²) >= 11 is 1.19. The number of carbonyl (C=O) groups is 1. The summed E-state index contributed by atoms with van der Waals surface area (Å²) in [7, 11) is 1.49. The van der Waals surface area contributed by atoms with Crippen molar-refractivity contribution in [2.45, 2.75) is 61.4 Å². The van der Waals surface area contributed by atoms with Crippen LogP contribution in [0, 0.1) is 0 Å². The van der Waals surface area contributed by atoms with Crippen LogP contribution >= 0.6 is 12.0 Å². The molecule has 1 amide bonds. The molecule has 0 unspecified atom stereocenters. The number of nitrogens with zero attached hydrogens (tertiary/aromatic N) is 4. The second kappa shape index (κ2) is 9.52. The molecule has 3 fully saturated rings. The smallest absolute Gasteiger partial charge is 0.410 e. The van der Waals surface area contributed by atoms with E-state index < -0.39 is 0 Å². The third-order valence-electron chi connectivity index (χ3n) is 6.80. The maximum absolute atomic E-state index is 12.3. The summed E-state index contributed by atoms with van der Waals surface area (Å²) < 4.78 is 16.2. The molecule has 0 N–H and O–H groups in total. The fourth-order valence-electron chi connectivity index (χ4n) is 4.43. The Balaban J connectivity index is 1.13. The van der Waals surface area contributed by atoms with Crippen LogP contribution in [0.4, 0.5) is 10.5 Å². The maximum Gasteiger partial charge on any atom is 0.410 e. The lowest BCUT2D eigenvalue weighted by Crippen LogP contribution is -2.40. The molecule has 1 atom stereocenters. The minimum atomic E-state index is -0.231. The average Bonchev–Trinajstić information content (AvgIpc) is 3.24. The van der Waals surface area contributed by atoms with Gasteiger partial charge >= 0.3 is 6.09 Å². The molecule has 3 heterocycles. The zero-order valence-electron chi connectivity index (χ0n) is 19.1. The summed E-state index contributed by atoms with van der Waals surface area (Å²) in [5.74, 6) is 1.94. The van der Waals surface area contributed by atoms with Crippen LogP contribution in [0.1, 0.15) is 62.6 Å². The Morgan fingerprint density at radius 2 is 1.85 bits per heavy atom. The average molecular weight is 475 g/mol. The van der Waals surface area contributed by atoms with Crippen molar-refractivity contribution in [3.8, 4) is 0 Å². The van der Waals surface area contributed by atoms with Gasteiger partial charge in [-0.1, -0.05) is 5.16 Å². The van der Waals surface area contributed by atoms with E-state index in [0.29, 0.717) is 13.1 Å². The summed E-state index contributed by atoms with van der Waals surface area (Å²) in [5.41, 5.74) is 0.934. The van der Waals surface area contributed by atoms with Crippen molar-refractivity contribution in [3.05, 3.63) is 36.0 Å². The minimum Gasteiger partial charge on any atom is -0.443 e. The van der Waals surface area contributed by atoms with Crippen LogP contribution in [0.25, 0.3) is 0 Å². The van der Waals surface area contributed by atoms with Gasteiger partial charge in [-0.25, -0.2) is 9.68 Å². The highest BCUT2D eigenvalue weighted by Gasteiger charge is 2.43. The van der Waals surface area contributed by atoms with Crippen LogP contribution in [0.3, 0.4) is 0 Å². The molecule has 0 bridgehead atoms. The number of ether oxygens (including phenoxy) is 1. The maximum atomic E-state index is 12.3. The number of amides is 1. The van der Waals surface area contributed by atoms with Crippen molar-refractivity contribution in [2.75, 3.05) is 38.2 Å². The first-order valence-electron chi connectivity index (χ1n) is 11.6. The molecule has 3 aliphatic rings. The van der Waals surface area contributed by atoms with Crippen LogP contribution in [-0.2, 0) is 14.0 Å². The van der Waals surface area contributed by atoms with E-state index in [1.54, 1.807) is 4.90 Å². The molecule has 0 spiro atoms. The second-order valence-corrected chi connectivity index (χ2v) is 10.1. The lowest BCUT2D eigenvalue weighted by Gasteiger charge is -2.30. The van der Waals surface area contributed by atoms with Gasteiger partial charge in [0.1, 0.15) is 5.60 Å². The van der Waals surface area contributed by atoms with Gasteiger partial charge in [-0.15, -0.1) is 0 Å². The standard InChI is InChI=1S/C23H30N4O5S/c1-23(10-11-23)30-22(28)26-12-7-16(8-13-26)20-24-21(31-25-20)17-9-14-27(15-17)18-3-5-19(6-4-18)33-32-29-2/h3-6,16-17H,7-15H2,1-2H3/t17-/m0/s1. The lowest BCUT2D eigenvalue weighted by molar-refractivity contribution is -0.160. The minimum absolute atomic E-state index is 0.189. The highest BCUT2D eigenvalue weighted by atomic mass is 32.2. The van der Waals surface area contributed by atoms with Crippen molar-refractivity contribution in [2.24, 2.45) is 0 Å². The highest BCUT2D eigenvalue weighted by molar-refractivity contribution is 7.94. The van der Waals surface area contributed by atoms with Gasteiger partial charge in [0.25, 0.3) is 0 Å². The molecule has 2 aliphatic heterocycles. The van der Waals surface area contributed by atoms with E-state index in [1.165, 1.54) is 24.8 Å². The summed E-state index contributed by atoms with van der Waals surface area (Å²) in [5, 5.41) is 4.29. The van der Waals surface area contributed by atoms with Gasteiger partial charge in [-0.2, -0.15) is 9.32 Å². The summed E-state index contributed by atoms with van der Waals surface area (Å²) in [6.45, 7) is 5.14. The van der Waals surface area contributed by atoms with Gasteiger partial charge < -0.3 is 19.1 Å². The van der Waals surface area contributed by atoms with Gasteiger partial charge in [0.2, 0.25) is 5.89 Å². The fourth-order valence-corrected chi connectivity index (χ4v) is 4.83. The SMILES string of the molecule is COOSc1ccc(N2CC[C@H](c3nc(C4CCN(C(=O)OC5(C)CC5)CC4)no3)C2)cc1. The zero-order valence-corrected chi connectivity index (χ0v) is 19.9. The summed E-state index contributed by atoms with van der Waals surface area (Å²) in [6.07, 6.45) is 4.39.